The molecular formula is C19H29N3O4S. The Morgan fingerprint density at radius 3 is 2.19 bits per heavy atom. The van der Waals surface area contributed by atoms with Gasteiger partial charge in [-0.25, -0.2) is 0 Å². The second kappa shape index (κ2) is 8.58. The van der Waals surface area contributed by atoms with Gasteiger partial charge < -0.3 is 10.1 Å². The number of rotatable bonds is 6. The molecule has 0 aromatic heterocycles. The number of carbonyl (C=O) groups excluding carboxylic acids is 1. The van der Waals surface area contributed by atoms with Crippen molar-refractivity contribution in [1.29, 1.82) is 0 Å². The van der Waals surface area contributed by atoms with E-state index in [-0.39, 0.29) is 17.9 Å². The van der Waals surface area contributed by atoms with Crippen molar-refractivity contribution < 1.29 is 17.9 Å². The Balaban J connectivity index is 1.52. The fourth-order valence-corrected chi connectivity index (χ4v) is 5.46. The Kier molecular flexibility index (Phi) is 6.39. The Bertz CT molecular complexity index is 737. The van der Waals surface area contributed by atoms with E-state index in [4.69, 9.17) is 4.74 Å². The highest BCUT2D eigenvalue weighted by molar-refractivity contribution is 7.86. The zero-order valence-corrected chi connectivity index (χ0v) is 16.9. The van der Waals surface area contributed by atoms with Crippen LogP contribution in [0.2, 0.25) is 0 Å². The number of piperidine rings is 1. The maximum Gasteiger partial charge on any atom is 0.281 e. The molecule has 0 spiro atoms. The zero-order chi connectivity index (χ0) is 19.4. The van der Waals surface area contributed by atoms with Crippen molar-refractivity contribution in [1.82, 2.24) is 13.9 Å². The van der Waals surface area contributed by atoms with Crippen molar-refractivity contribution in [3.8, 4) is 5.75 Å². The van der Waals surface area contributed by atoms with Gasteiger partial charge in [0.15, 0.2) is 0 Å². The molecule has 2 aliphatic rings. The molecule has 2 heterocycles. The average Bonchev–Trinajstić information content (AvgIpc) is 3.24. The minimum absolute atomic E-state index is 0.00321. The third-order valence-corrected chi connectivity index (χ3v) is 7.55. The molecule has 1 aromatic rings. The van der Waals surface area contributed by atoms with E-state index in [0.29, 0.717) is 39.0 Å². The Labute approximate surface area is 161 Å². The Hall–Kier alpha value is -1.64. The lowest BCUT2D eigenvalue weighted by atomic mass is 9.96. The molecule has 1 amide bonds. The van der Waals surface area contributed by atoms with Crippen LogP contribution in [-0.2, 0) is 15.0 Å². The fourth-order valence-electron chi connectivity index (χ4n) is 3.74. The second-order valence-corrected chi connectivity index (χ2v) is 9.22. The highest BCUT2D eigenvalue weighted by Crippen LogP contribution is 2.25. The number of nitrogens with zero attached hydrogens (tertiary/aromatic N) is 2. The summed E-state index contributed by atoms with van der Waals surface area (Å²) in [5, 5.41) is 3.05. The van der Waals surface area contributed by atoms with Gasteiger partial charge in [0.1, 0.15) is 5.75 Å². The first-order valence-corrected chi connectivity index (χ1v) is 11.0. The lowest BCUT2D eigenvalue weighted by Crippen LogP contribution is -2.48. The maximum absolute atomic E-state index is 12.6. The third-order valence-electron chi connectivity index (χ3n) is 5.52. The molecule has 0 bridgehead atoms. The van der Waals surface area contributed by atoms with Crippen molar-refractivity contribution in [3.05, 3.63) is 29.8 Å². The average molecular weight is 396 g/mol. The summed E-state index contributed by atoms with van der Waals surface area (Å²) in [5.74, 6) is 0.635. The van der Waals surface area contributed by atoms with E-state index in [1.165, 1.54) is 4.31 Å². The van der Waals surface area contributed by atoms with Gasteiger partial charge in [-0.15, -0.1) is 0 Å². The van der Waals surface area contributed by atoms with Crippen molar-refractivity contribution in [2.24, 2.45) is 5.92 Å². The molecule has 2 fully saturated rings. The van der Waals surface area contributed by atoms with Crippen molar-refractivity contribution in [2.75, 3.05) is 33.3 Å². The van der Waals surface area contributed by atoms with Gasteiger partial charge in [-0.3, -0.25) is 4.79 Å². The minimum Gasteiger partial charge on any atom is -0.497 e. The van der Waals surface area contributed by atoms with Crippen LogP contribution in [0.5, 0.6) is 5.75 Å². The molecule has 8 heteroatoms. The lowest BCUT2D eigenvalue weighted by molar-refractivity contribution is -0.126. The van der Waals surface area contributed by atoms with E-state index in [1.807, 2.05) is 31.2 Å². The van der Waals surface area contributed by atoms with Crippen LogP contribution in [0, 0.1) is 5.92 Å². The van der Waals surface area contributed by atoms with Gasteiger partial charge in [0.05, 0.1) is 13.2 Å². The summed E-state index contributed by atoms with van der Waals surface area (Å²) in [5.41, 5.74) is 1.01. The van der Waals surface area contributed by atoms with E-state index in [0.717, 1.165) is 24.2 Å². The highest BCUT2D eigenvalue weighted by atomic mass is 32.2. The molecule has 1 atom stereocenters. The van der Waals surface area contributed by atoms with Crippen molar-refractivity contribution in [3.63, 3.8) is 0 Å². The summed E-state index contributed by atoms with van der Waals surface area (Å²) in [6.07, 6.45) is 2.99. The number of nitrogens with one attached hydrogen (secondary N) is 1. The van der Waals surface area contributed by atoms with Gasteiger partial charge in [-0.2, -0.15) is 17.0 Å². The molecule has 27 heavy (non-hydrogen) atoms. The largest absolute Gasteiger partial charge is 0.497 e. The topological polar surface area (TPSA) is 79.0 Å². The van der Waals surface area contributed by atoms with Crippen molar-refractivity contribution >= 4 is 16.1 Å². The number of benzene rings is 1. The fraction of sp³-hybridized carbons (Fsp3) is 0.632. The van der Waals surface area contributed by atoms with Gasteiger partial charge in [0.25, 0.3) is 10.2 Å². The van der Waals surface area contributed by atoms with Crippen LogP contribution in [0.1, 0.15) is 44.2 Å². The number of ether oxygens (including phenoxy) is 1. The summed E-state index contributed by atoms with van der Waals surface area (Å²) in [4.78, 5) is 12.6. The number of carbonyl (C=O) groups is 1. The van der Waals surface area contributed by atoms with E-state index in [9.17, 15) is 13.2 Å². The van der Waals surface area contributed by atoms with E-state index in [1.54, 1.807) is 11.4 Å². The number of methoxy groups -OCH3 is 1. The first kappa shape index (κ1) is 20.1. The van der Waals surface area contributed by atoms with Crippen LogP contribution in [0.25, 0.3) is 0 Å². The quantitative estimate of drug-likeness (QED) is 0.798. The first-order chi connectivity index (χ1) is 12.9. The smallest absolute Gasteiger partial charge is 0.281 e. The molecule has 150 valence electrons. The van der Waals surface area contributed by atoms with Gasteiger partial charge in [-0.1, -0.05) is 12.1 Å². The van der Waals surface area contributed by atoms with Gasteiger partial charge in [-0.05, 0) is 50.3 Å². The summed E-state index contributed by atoms with van der Waals surface area (Å²) < 4.78 is 33.5. The van der Waals surface area contributed by atoms with E-state index in [2.05, 4.69) is 5.32 Å². The molecule has 7 nitrogen and oxygen atoms in total. The normalized spacial score (nSPS) is 21.1. The van der Waals surface area contributed by atoms with Crippen LogP contribution < -0.4 is 10.1 Å². The standard InChI is InChI=1S/C19H29N3O4S/c1-15(16-5-7-18(26-2)8-6-16)20-19(23)17-9-13-22(14-10-17)27(24,25)21-11-3-4-12-21/h5-8,15,17H,3-4,9-14H2,1-2H3,(H,20,23)/t15-/m1/s1. The summed E-state index contributed by atoms with van der Waals surface area (Å²) in [6, 6.07) is 7.53. The number of amides is 1. The molecule has 2 aliphatic heterocycles. The van der Waals surface area contributed by atoms with Gasteiger partial charge in [0.2, 0.25) is 5.91 Å². The third kappa shape index (κ3) is 4.62. The monoisotopic (exact) mass is 395 g/mol. The molecule has 2 saturated heterocycles. The number of hydrogen-bond acceptors (Lipinski definition) is 4. The van der Waals surface area contributed by atoms with Crippen LogP contribution in [0.3, 0.4) is 0 Å². The molecule has 0 unspecified atom stereocenters. The minimum atomic E-state index is -3.36. The second-order valence-electron chi connectivity index (χ2n) is 7.29. The SMILES string of the molecule is COc1ccc([C@@H](C)NC(=O)C2CCN(S(=O)(=O)N3CCCC3)CC2)cc1. The molecule has 0 aliphatic carbocycles. The molecule has 3 rings (SSSR count). The summed E-state index contributed by atoms with van der Waals surface area (Å²) in [6.45, 7) is 4.00. The predicted octanol–water partition coefficient (Wildman–Crippen LogP) is 1.92. The molecule has 0 radical (unpaired) electrons. The molecular weight excluding hydrogens is 366 g/mol. The first-order valence-electron chi connectivity index (χ1n) is 9.61. The van der Waals surface area contributed by atoms with Crippen LogP contribution >= 0.6 is 0 Å². The molecule has 0 saturated carbocycles. The van der Waals surface area contributed by atoms with Crippen LogP contribution in [-0.4, -0.2) is 56.2 Å². The number of hydrogen-bond donors (Lipinski definition) is 1. The summed E-state index contributed by atoms with van der Waals surface area (Å²) in [7, 11) is -1.74. The van der Waals surface area contributed by atoms with E-state index >= 15 is 0 Å². The summed E-state index contributed by atoms with van der Waals surface area (Å²) >= 11 is 0. The highest BCUT2D eigenvalue weighted by Gasteiger charge is 2.35. The Morgan fingerprint density at radius 1 is 1.07 bits per heavy atom. The zero-order valence-electron chi connectivity index (χ0n) is 16.1. The van der Waals surface area contributed by atoms with Gasteiger partial charge in [0, 0.05) is 32.1 Å². The molecule has 1 aromatic carbocycles. The lowest BCUT2D eigenvalue weighted by Gasteiger charge is -2.33. The van der Waals surface area contributed by atoms with Gasteiger partial charge >= 0.3 is 0 Å². The maximum atomic E-state index is 12.6. The predicted molar refractivity (Wildman–Crippen MR) is 104 cm³/mol. The van der Waals surface area contributed by atoms with Crippen LogP contribution in [0.4, 0.5) is 0 Å². The molecule has 1 N–H and O–H groups in total. The van der Waals surface area contributed by atoms with E-state index < -0.39 is 10.2 Å². The van der Waals surface area contributed by atoms with Crippen LogP contribution in [0.15, 0.2) is 24.3 Å². The Morgan fingerprint density at radius 2 is 1.63 bits per heavy atom. The van der Waals surface area contributed by atoms with Crippen molar-refractivity contribution in [2.45, 2.75) is 38.6 Å².